The first kappa shape index (κ1) is 15.4. The second kappa shape index (κ2) is 7.60. The Labute approximate surface area is 96.3 Å². The summed E-state index contributed by atoms with van der Waals surface area (Å²) in [6, 6.07) is 0. The van der Waals surface area contributed by atoms with Crippen LogP contribution in [0.2, 0.25) is 0 Å². The molecule has 0 aliphatic rings. The van der Waals surface area contributed by atoms with Crippen LogP contribution in [0, 0.1) is 0 Å². The number of esters is 1. The molecular weight excluding hydrogens is 231 g/mol. The summed E-state index contributed by atoms with van der Waals surface area (Å²) in [7, 11) is -3.41. The van der Waals surface area contributed by atoms with Crippen molar-refractivity contribution < 1.29 is 23.1 Å². The molecule has 0 rings (SSSR count). The third kappa shape index (κ3) is 4.92. The van der Waals surface area contributed by atoms with Gasteiger partial charge in [-0.15, -0.1) is 6.58 Å². The van der Waals surface area contributed by atoms with E-state index in [2.05, 4.69) is 6.58 Å². The molecule has 0 aromatic heterocycles. The minimum atomic E-state index is -3.41. The Morgan fingerprint density at radius 3 is 2.19 bits per heavy atom. The van der Waals surface area contributed by atoms with E-state index in [-0.39, 0.29) is 19.6 Å². The van der Waals surface area contributed by atoms with Crippen molar-refractivity contribution in [1.29, 1.82) is 0 Å². The molecule has 0 unspecified atom stereocenters. The van der Waals surface area contributed by atoms with Crippen LogP contribution in [0.25, 0.3) is 0 Å². The highest BCUT2D eigenvalue weighted by Gasteiger charge is 2.37. The van der Waals surface area contributed by atoms with Crippen LogP contribution in [0.4, 0.5) is 0 Å². The molecule has 0 saturated heterocycles. The van der Waals surface area contributed by atoms with Gasteiger partial charge in [0.2, 0.25) is 5.85 Å². The Morgan fingerprint density at radius 1 is 1.38 bits per heavy atom. The van der Waals surface area contributed by atoms with Crippen molar-refractivity contribution in [3.05, 3.63) is 12.7 Å². The number of ether oxygens (including phenoxy) is 1. The maximum atomic E-state index is 12.3. The standard InChI is InChI=1S/C10H19O5P/c1-5-8-10(15-9(4)11)16(12,13-6-2)14-7-3/h5,10H,1,6-8H2,2-4H3/t10-/m1/s1. The predicted molar refractivity (Wildman–Crippen MR) is 61.2 cm³/mol. The van der Waals surface area contributed by atoms with Gasteiger partial charge in [0, 0.05) is 13.3 Å². The van der Waals surface area contributed by atoms with Crippen LogP contribution < -0.4 is 0 Å². The first-order valence-corrected chi connectivity index (χ1v) is 6.78. The molecule has 0 amide bonds. The van der Waals surface area contributed by atoms with E-state index in [1.54, 1.807) is 13.8 Å². The van der Waals surface area contributed by atoms with Crippen LogP contribution in [0.15, 0.2) is 12.7 Å². The zero-order chi connectivity index (χ0) is 12.6. The quantitative estimate of drug-likeness (QED) is 0.376. The highest BCUT2D eigenvalue weighted by Crippen LogP contribution is 2.54. The third-order valence-corrected chi connectivity index (χ3v) is 3.90. The van der Waals surface area contributed by atoms with Gasteiger partial charge in [-0.3, -0.25) is 9.36 Å². The van der Waals surface area contributed by atoms with E-state index in [1.165, 1.54) is 13.0 Å². The van der Waals surface area contributed by atoms with Gasteiger partial charge >= 0.3 is 13.6 Å². The molecule has 5 nitrogen and oxygen atoms in total. The molecule has 0 fully saturated rings. The van der Waals surface area contributed by atoms with Crippen LogP contribution in [-0.4, -0.2) is 25.0 Å². The van der Waals surface area contributed by atoms with Crippen molar-refractivity contribution in [1.82, 2.24) is 0 Å². The Morgan fingerprint density at radius 2 is 1.88 bits per heavy atom. The molecule has 0 aliphatic carbocycles. The molecule has 0 aliphatic heterocycles. The lowest BCUT2D eigenvalue weighted by Gasteiger charge is -2.24. The lowest BCUT2D eigenvalue weighted by atomic mass is 10.4. The minimum absolute atomic E-state index is 0.228. The molecule has 0 N–H and O–H groups in total. The number of carbonyl (C=O) groups is 1. The van der Waals surface area contributed by atoms with E-state index in [4.69, 9.17) is 13.8 Å². The van der Waals surface area contributed by atoms with E-state index in [9.17, 15) is 9.36 Å². The van der Waals surface area contributed by atoms with Gasteiger partial charge in [0.25, 0.3) is 0 Å². The maximum Gasteiger partial charge on any atom is 0.371 e. The molecule has 1 atom stereocenters. The topological polar surface area (TPSA) is 61.8 Å². The van der Waals surface area contributed by atoms with Crippen molar-refractivity contribution in [3.63, 3.8) is 0 Å². The van der Waals surface area contributed by atoms with Crippen molar-refractivity contribution >= 4 is 13.6 Å². The highest BCUT2D eigenvalue weighted by molar-refractivity contribution is 7.54. The molecule has 16 heavy (non-hydrogen) atoms. The Balaban J connectivity index is 4.83. The van der Waals surface area contributed by atoms with E-state index in [1.807, 2.05) is 0 Å². The fraction of sp³-hybridized carbons (Fsp3) is 0.700. The smallest absolute Gasteiger partial charge is 0.371 e. The number of rotatable bonds is 8. The van der Waals surface area contributed by atoms with Crippen LogP contribution in [0.3, 0.4) is 0 Å². The molecule has 0 heterocycles. The molecule has 0 radical (unpaired) electrons. The van der Waals surface area contributed by atoms with Gasteiger partial charge in [0.1, 0.15) is 0 Å². The number of hydrogen-bond acceptors (Lipinski definition) is 5. The Hall–Kier alpha value is -0.640. The van der Waals surface area contributed by atoms with Gasteiger partial charge in [0.15, 0.2) is 0 Å². The largest absolute Gasteiger partial charge is 0.449 e. The van der Waals surface area contributed by atoms with Crippen LogP contribution in [0.1, 0.15) is 27.2 Å². The summed E-state index contributed by atoms with van der Waals surface area (Å²) in [5.41, 5.74) is 0. The Kier molecular flexibility index (Phi) is 7.30. The average molecular weight is 250 g/mol. The molecule has 0 aromatic carbocycles. The summed E-state index contributed by atoms with van der Waals surface area (Å²) in [6.45, 7) is 8.62. The monoisotopic (exact) mass is 250 g/mol. The summed E-state index contributed by atoms with van der Waals surface area (Å²) < 4.78 is 27.4. The number of hydrogen-bond donors (Lipinski definition) is 0. The summed E-state index contributed by atoms with van der Waals surface area (Å²) in [5, 5.41) is 0. The van der Waals surface area contributed by atoms with Gasteiger partial charge < -0.3 is 13.8 Å². The predicted octanol–water partition coefficient (Wildman–Crippen LogP) is 2.72. The molecule has 94 valence electrons. The zero-order valence-corrected chi connectivity index (χ0v) is 10.9. The van der Waals surface area contributed by atoms with Crippen molar-refractivity contribution in [2.24, 2.45) is 0 Å². The van der Waals surface area contributed by atoms with Gasteiger partial charge in [-0.2, -0.15) is 0 Å². The fourth-order valence-electron chi connectivity index (χ4n) is 1.14. The highest BCUT2D eigenvalue weighted by atomic mass is 31.2. The van der Waals surface area contributed by atoms with Gasteiger partial charge in [-0.1, -0.05) is 6.08 Å². The molecular formula is C10H19O5P. The summed E-state index contributed by atoms with van der Waals surface area (Å²) in [5.74, 6) is -1.44. The zero-order valence-electron chi connectivity index (χ0n) is 9.97. The van der Waals surface area contributed by atoms with Crippen molar-refractivity contribution in [2.45, 2.75) is 33.0 Å². The average Bonchev–Trinajstić information content (AvgIpc) is 2.17. The molecule has 0 aromatic rings. The normalized spacial score (nSPS) is 13.2. The van der Waals surface area contributed by atoms with Gasteiger partial charge in [0.05, 0.1) is 13.2 Å². The second-order valence-corrected chi connectivity index (χ2v) is 5.14. The molecule has 0 saturated carbocycles. The number of carbonyl (C=O) groups excluding carboxylic acids is 1. The third-order valence-electron chi connectivity index (χ3n) is 1.64. The molecule has 0 spiro atoms. The maximum absolute atomic E-state index is 12.3. The van der Waals surface area contributed by atoms with Crippen molar-refractivity contribution in [2.75, 3.05) is 13.2 Å². The van der Waals surface area contributed by atoms with E-state index < -0.39 is 19.4 Å². The molecule has 6 heteroatoms. The SMILES string of the molecule is C=CC[C@H](OC(C)=O)P(=O)(OCC)OCC. The first-order valence-electron chi connectivity index (χ1n) is 5.17. The van der Waals surface area contributed by atoms with Crippen LogP contribution in [0.5, 0.6) is 0 Å². The van der Waals surface area contributed by atoms with E-state index in [0.29, 0.717) is 0 Å². The summed E-state index contributed by atoms with van der Waals surface area (Å²) in [4.78, 5) is 10.9. The van der Waals surface area contributed by atoms with E-state index in [0.717, 1.165) is 0 Å². The van der Waals surface area contributed by atoms with Crippen molar-refractivity contribution in [3.8, 4) is 0 Å². The second-order valence-electron chi connectivity index (χ2n) is 2.96. The summed E-state index contributed by atoms with van der Waals surface area (Å²) >= 11 is 0. The van der Waals surface area contributed by atoms with E-state index >= 15 is 0 Å². The van der Waals surface area contributed by atoms with Gasteiger partial charge in [-0.25, -0.2) is 0 Å². The fourth-order valence-corrected chi connectivity index (χ4v) is 2.95. The molecule has 0 bridgehead atoms. The van der Waals surface area contributed by atoms with Crippen LogP contribution in [-0.2, 0) is 23.1 Å². The van der Waals surface area contributed by atoms with Gasteiger partial charge in [-0.05, 0) is 13.8 Å². The lowest BCUT2D eigenvalue weighted by molar-refractivity contribution is -0.143. The first-order chi connectivity index (χ1) is 7.50. The minimum Gasteiger partial charge on any atom is -0.449 e. The lowest BCUT2D eigenvalue weighted by Crippen LogP contribution is -2.19. The Bertz CT molecular complexity index is 266. The van der Waals surface area contributed by atoms with Crippen LogP contribution >= 0.6 is 7.60 Å². The summed E-state index contributed by atoms with van der Waals surface area (Å²) in [6.07, 6.45) is 1.75.